The van der Waals surface area contributed by atoms with Crippen molar-refractivity contribution in [1.82, 2.24) is 56.2 Å². The van der Waals surface area contributed by atoms with Gasteiger partial charge in [-0.2, -0.15) is 0 Å². The summed E-state index contributed by atoms with van der Waals surface area (Å²) in [5, 5.41) is 54.1. The highest BCUT2D eigenvalue weighted by Gasteiger charge is 2.47. The molecule has 3 aromatic heterocycles. The predicted molar refractivity (Wildman–Crippen MR) is 523 cm³/mol. The summed E-state index contributed by atoms with van der Waals surface area (Å²) in [7, 11) is 0. The molecule has 6 heterocycles. The Bertz CT molecular complexity index is 4200. The van der Waals surface area contributed by atoms with Crippen molar-refractivity contribution in [2.45, 2.75) is 377 Å². The van der Waals surface area contributed by atoms with E-state index < -0.39 is 76.8 Å². The number of carboxylic acids is 1. The third kappa shape index (κ3) is 38.3. The van der Waals surface area contributed by atoms with Crippen molar-refractivity contribution in [1.29, 1.82) is 0 Å². The van der Waals surface area contributed by atoms with Crippen LogP contribution in [0, 0.1) is 37.0 Å². The zero-order valence-electron chi connectivity index (χ0n) is 80.5. The number of nitrogens with zero attached hydrogens (tertiary/aromatic N) is 6. The quantitative estimate of drug-likeness (QED) is 0.0158. The van der Waals surface area contributed by atoms with E-state index in [1.54, 1.807) is 34.0 Å². The zero-order valence-corrected chi connectivity index (χ0v) is 82.9. The minimum absolute atomic E-state index is 0.0630. The molecular weight excluding hydrogens is 1700 g/mol. The molecule has 8 amide bonds. The van der Waals surface area contributed by atoms with Crippen LogP contribution in [0.1, 0.15) is 315 Å². The highest BCUT2D eigenvalue weighted by molar-refractivity contribution is 7.14. The molecule has 13 N–H and O–H groups in total. The molecule has 0 aliphatic carbocycles. The zero-order chi connectivity index (χ0) is 95.5. The maximum Gasteiger partial charge on any atom is 0.303 e. The van der Waals surface area contributed by atoms with Crippen molar-refractivity contribution in [3.8, 4) is 31.3 Å². The summed E-state index contributed by atoms with van der Waals surface area (Å²) in [6, 6.07) is 19.3. The number of rotatable bonds is 47. The maximum atomic E-state index is 13.8. The van der Waals surface area contributed by atoms with Gasteiger partial charge in [0.1, 0.15) is 30.2 Å². The Balaban J connectivity index is 0.000000283. The molecule has 3 aromatic carbocycles. The molecule has 3 aliphatic heterocycles. The number of aromatic nitrogens is 3. The van der Waals surface area contributed by atoms with Crippen molar-refractivity contribution < 1.29 is 63.6 Å². The van der Waals surface area contributed by atoms with Gasteiger partial charge in [-0.25, -0.2) is 15.0 Å². The van der Waals surface area contributed by atoms with Gasteiger partial charge < -0.3 is 73.2 Å². The number of hydrogen-bond donors (Lipinski definition) is 11. The number of aliphatic carboxylic acids is 1. The van der Waals surface area contributed by atoms with Crippen LogP contribution in [-0.2, 0) is 62.8 Å². The van der Waals surface area contributed by atoms with Gasteiger partial charge in [0.15, 0.2) is 0 Å². The number of nitrogens with one attached hydrogen (secondary N) is 5. The Kier molecular flexibility index (Phi) is 48.6. The summed E-state index contributed by atoms with van der Waals surface area (Å²) in [6.07, 6.45) is 29.7. The third-order valence-corrected chi connectivity index (χ3v) is 27.2. The van der Waals surface area contributed by atoms with Crippen molar-refractivity contribution >= 4 is 87.2 Å². The van der Waals surface area contributed by atoms with E-state index in [1.807, 2.05) is 172 Å². The summed E-state index contributed by atoms with van der Waals surface area (Å²) in [6.45, 7) is 29.5. The molecule has 0 saturated carbocycles. The maximum absolute atomic E-state index is 13.8. The van der Waals surface area contributed by atoms with E-state index in [0.29, 0.717) is 38.9 Å². The second-order valence-corrected chi connectivity index (χ2v) is 41.3. The highest BCUT2D eigenvalue weighted by atomic mass is 32.1. The van der Waals surface area contributed by atoms with Gasteiger partial charge in [-0.15, -0.1) is 34.0 Å². The van der Waals surface area contributed by atoms with Gasteiger partial charge in [0.25, 0.3) is 0 Å². The molecule has 3 fully saturated rings. The molecule has 9 atom stereocenters. The van der Waals surface area contributed by atoms with Crippen molar-refractivity contribution in [3.05, 3.63) is 123 Å². The molecular formula is C101H157N13O13S3. The second-order valence-electron chi connectivity index (χ2n) is 38.7. The lowest BCUT2D eigenvalue weighted by Gasteiger charge is -2.35. The summed E-state index contributed by atoms with van der Waals surface area (Å²) in [5.74, 6) is -2.81. The average molecular weight is 1860 g/mol. The van der Waals surface area contributed by atoms with Gasteiger partial charge in [-0.1, -0.05) is 290 Å². The Morgan fingerprint density at radius 3 is 0.900 bits per heavy atom. The monoisotopic (exact) mass is 1860 g/mol. The number of β-amino-alcohol motifs (C(OH)–C–C–N with tert-alkyl or cyclic N) is 3. The molecule has 26 nitrogen and oxygen atoms in total. The topological polar surface area (TPSA) is 395 Å². The molecule has 3 saturated heterocycles. The number of hydrogen-bond acceptors (Lipinski definition) is 20. The lowest BCUT2D eigenvalue weighted by atomic mass is 9.85. The molecule has 0 spiro atoms. The fourth-order valence-electron chi connectivity index (χ4n) is 16.2. The first-order chi connectivity index (χ1) is 61.9. The van der Waals surface area contributed by atoms with E-state index in [0.717, 1.165) is 136 Å². The smallest absolute Gasteiger partial charge is 0.303 e. The van der Waals surface area contributed by atoms with Crippen molar-refractivity contribution in [2.75, 3.05) is 26.2 Å². The van der Waals surface area contributed by atoms with Crippen LogP contribution < -0.4 is 38.1 Å². The minimum atomic E-state index is -0.800. The van der Waals surface area contributed by atoms with Gasteiger partial charge in [0.05, 0.1) is 72.6 Å². The number of aliphatic hydroxyl groups excluding tert-OH is 3. The third-order valence-electron chi connectivity index (χ3n) is 24.3. The van der Waals surface area contributed by atoms with Crippen LogP contribution in [0.4, 0.5) is 0 Å². The number of likely N-dealkylation sites (tertiary alicyclic amines) is 3. The second kappa shape index (κ2) is 57.2. The van der Waals surface area contributed by atoms with Crippen molar-refractivity contribution in [3.63, 3.8) is 0 Å². The molecule has 3 aliphatic rings. The summed E-state index contributed by atoms with van der Waals surface area (Å²) < 4.78 is 0. The van der Waals surface area contributed by atoms with E-state index >= 15 is 0 Å². The lowest BCUT2D eigenvalue weighted by molar-refractivity contribution is -0.144. The summed E-state index contributed by atoms with van der Waals surface area (Å²) in [4.78, 5) is 136. The highest BCUT2D eigenvalue weighted by Crippen LogP contribution is 2.34. The molecule has 0 unspecified atom stereocenters. The first-order valence-electron chi connectivity index (χ1n) is 47.9. The predicted octanol–water partition coefficient (Wildman–Crippen LogP) is 16.9. The Labute approximate surface area is 787 Å². The van der Waals surface area contributed by atoms with Gasteiger partial charge in [0.2, 0.25) is 47.3 Å². The number of benzene rings is 3. The van der Waals surface area contributed by atoms with Crippen LogP contribution in [0.5, 0.6) is 0 Å². The van der Waals surface area contributed by atoms with Crippen LogP contribution in [-0.4, -0.2) is 184 Å². The SMILES string of the molecule is CCCCCCCCCCCC(=O)N[C@H](C(=O)N1C[C@H](O)C[C@H]1C(=O)NCc1ccc(-c2scnc2C)cc1)C(C)(C)C.CCCCCCCCCCCC(=O)O.Cc1ncsc1-c1ccc(CNC(=O)[C@@H]2C[C@@H](O)CN2C(=O)[C@@H](N)C(C)(C)C)cc1.Cc1ncsc1-c1ccc(CNC(=O)[C@@H]2C[C@@H](O)CN2C(=O)[C@@H](NC(=O)CCCCCCCCCCN)C(C)(C)C)cc1. The molecule has 0 radical (unpaired) electrons. The minimum Gasteiger partial charge on any atom is -0.481 e. The summed E-state index contributed by atoms with van der Waals surface area (Å²) in [5.41, 5.74) is 24.6. The average Bonchev–Trinajstić information content (AvgIpc) is 1.70. The number of carbonyl (C=O) groups excluding carboxylic acids is 8. The Morgan fingerprint density at radius 2 is 0.654 bits per heavy atom. The van der Waals surface area contributed by atoms with Crippen LogP contribution in [0.25, 0.3) is 31.3 Å². The standard InChI is InChI=1S/C34H52N4O4S.C33H51N5O4S.C22H30N4O3S.C12H24O2/c1-6-7-8-9-10-11-12-13-14-15-29(40)37-31(34(3,4)5)33(42)38-22-27(39)20-28(38)32(41)35-21-25-16-18-26(19-17-25)30-24(2)36-23-43-30;1-23-29(43-22-36-23)25-16-14-24(15-17-25)20-35-31(41)27-19-26(39)21-38(27)32(42)30(33(2,3)4)37-28(40)13-11-9-7-5-6-8-10-12-18-34;1-13-18(30-12-25-13)15-7-5-14(6-8-15)10-24-20(28)17-9-16(27)11-26(17)21(29)19(23)22(2,3)4;1-2-3-4-5-6-7-8-9-10-11-12(13)14/h16-19,23,27-28,31,39H,6-15,20-22H2,1-5H3,(H,35,41)(H,37,40);14-17,22,26-27,30,39H,5-13,18-21,34H2,1-4H3,(H,35,41)(H,37,40);5-8,12,16-17,19,27H,9-11,23H2,1-4H3,(H,24,28);2-11H2,1H3,(H,13,14)/t27-,28+,31-;26-,27+,30-;16-,17+,19-;/m111./s1. The Morgan fingerprint density at radius 1 is 0.392 bits per heavy atom. The van der Waals surface area contributed by atoms with Gasteiger partial charge in [-0.05, 0) is 103 Å². The fourth-order valence-corrected chi connectivity index (χ4v) is 18.7. The van der Waals surface area contributed by atoms with Crippen LogP contribution >= 0.6 is 34.0 Å². The van der Waals surface area contributed by atoms with E-state index in [9.17, 15) is 58.5 Å². The number of thiazole rings is 3. The molecule has 722 valence electrons. The molecule has 29 heteroatoms. The molecule has 0 bridgehead atoms. The normalized spacial score (nSPS) is 17.4. The lowest BCUT2D eigenvalue weighted by Crippen LogP contribution is -2.57. The van der Waals surface area contributed by atoms with Gasteiger partial charge >= 0.3 is 5.97 Å². The van der Waals surface area contributed by atoms with Crippen LogP contribution in [0.2, 0.25) is 0 Å². The number of aryl methyl sites for hydroxylation is 3. The number of carbonyl (C=O) groups is 9. The van der Waals surface area contributed by atoms with E-state index in [2.05, 4.69) is 55.4 Å². The van der Waals surface area contributed by atoms with Crippen molar-refractivity contribution in [2.24, 2.45) is 27.7 Å². The van der Waals surface area contributed by atoms with Gasteiger partial charge in [0, 0.05) is 77.8 Å². The molecule has 9 rings (SSSR count). The van der Waals surface area contributed by atoms with E-state index in [1.165, 1.54) is 117 Å². The molecule has 130 heavy (non-hydrogen) atoms. The Hall–Kier alpha value is -8.42. The number of aliphatic hydroxyl groups is 3. The number of unbranched alkanes of at least 4 members (excludes halogenated alkanes) is 23. The number of nitrogens with two attached hydrogens (primary N) is 2. The summed E-state index contributed by atoms with van der Waals surface area (Å²) >= 11 is 4.78. The van der Waals surface area contributed by atoms with Crippen LogP contribution in [0.15, 0.2) is 89.3 Å². The number of carboxylic acid groups (broad SMARTS) is 1. The molecule has 6 aromatic rings. The van der Waals surface area contributed by atoms with Crippen LogP contribution in [0.3, 0.4) is 0 Å². The number of amides is 8. The van der Waals surface area contributed by atoms with E-state index in [-0.39, 0.29) is 86.2 Å². The first-order valence-corrected chi connectivity index (χ1v) is 50.5. The van der Waals surface area contributed by atoms with Gasteiger partial charge in [-0.3, -0.25) is 43.2 Å². The largest absolute Gasteiger partial charge is 0.481 e. The first kappa shape index (κ1) is 110. The fraction of sp³-hybridized carbons (Fsp3) is 0.644. The van der Waals surface area contributed by atoms with E-state index in [4.69, 9.17) is 16.6 Å².